The molecule has 0 heterocycles. The van der Waals surface area contributed by atoms with Crippen molar-refractivity contribution in [1.29, 1.82) is 5.26 Å². The van der Waals surface area contributed by atoms with Gasteiger partial charge in [-0.1, -0.05) is 20.3 Å². The topological polar surface area (TPSA) is 73.1 Å². The van der Waals surface area contributed by atoms with Crippen molar-refractivity contribution in [2.45, 2.75) is 39.2 Å². The van der Waals surface area contributed by atoms with Crippen LogP contribution in [0.4, 0.5) is 0 Å². The fourth-order valence-electron chi connectivity index (χ4n) is 1.12. The number of nitrogens with one attached hydrogen (secondary N) is 1. The van der Waals surface area contributed by atoms with Crippen molar-refractivity contribution in [3.8, 4) is 6.07 Å². The second-order valence-electron chi connectivity index (χ2n) is 3.27. The van der Waals surface area contributed by atoms with E-state index in [1.165, 1.54) is 0 Å². The Kier molecular flexibility index (Phi) is 6.77. The maximum atomic E-state index is 11.4. The van der Waals surface area contributed by atoms with E-state index >= 15 is 0 Å². The Labute approximate surface area is 84.9 Å². The molecule has 0 aromatic carbocycles. The van der Waals surface area contributed by atoms with Crippen LogP contribution in [0, 0.1) is 17.2 Å². The maximum Gasteiger partial charge on any atom is 0.237 e. The number of rotatable bonds is 6. The molecule has 1 amide bonds. The minimum atomic E-state index is -0.583. The Bertz CT molecular complexity index is 207. The number of hydrogen-bond donors (Lipinski definition) is 2. The minimum Gasteiger partial charge on any atom is -0.394 e. The van der Waals surface area contributed by atoms with Crippen LogP contribution in [0.15, 0.2) is 0 Å². The molecular formula is C10H18N2O2. The predicted molar refractivity (Wildman–Crippen MR) is 53.3 cm³/mol. The van der Waals surface area contributed by atoms with Gasteiger partial charge in [0.15, 0.2) is 0 Å². The Morgan fingerprint density at radius 1 is 1.57 bits per heavy atom. The summed E-state index contributed by atoms with van der Waals surface area (Å²) in [4.78, 5) is 11.4. The molecule has 1 unspecified atom stereocenters. The van der Waals surface area contributed by atoms with Gasteiger partial charge in [0.05, 0.1) is 18.7 Å². The monoisotopic (exact) mass is 198 g/mol. The molecule has 0 aromatic rings. The van der Waals surface area contributed by atoms with Gasteiger partial charge in [-0.15, -0.1) is 0 Å². The van der Waals surface area contributed by atoms with Gasteiger partial charge in [-0.05, 0) is 12.8 Å². The zero-order valence-electron chi connectivity index (χ0n) is 8.79. The average molecular weight is 198 g/mol. The molecule has 4 nitrogen and oxygen atoms in total. The first-order valence-electron chi connectivity index (χ1n) is 5.00. The molecule has 0 rings (SSSR count). The lowest BCUT2D eigenvalue weighted by molar-refractivity contribution is -0.124. The van der Waals surface area contributed by atoms with Crippen LogP contribution in [0.3, 0.4) is 0 Å². The first-order valence-corrected chi connectivity index (χ1v) is 5.00. The summed E-state index contributed by atoms with van der Waals surface area (Å²) < 4.78 is 0. The van der Waals surface area contributed by atoms with E-state index in [9.17, 15) is 4.79 Å². The van der Waals surface area contributed by atoms with E-state index < -0.39 is 5.92 Å². The Balaban J connectivity index is 4.10. The number of carbonyl (C=O) groups excluding carboxylic acids is 1. The molecule has 4 heteroatoms. The number of amides is 1. The fraction of sp³-hybridized carbons (Fsp3) is 0.800. The molecule has 14 heavy (non-hydrogen) atoms. The van der Waals surface area contributed by atoms with Crippen LogP contribution >= 0.6 is 0 Å². The second kappa shape index (κ2) is 7.34. The lowest BCUT2D eigenvalue weighted by atomic mass is 10.0. The van der Waals surface area contributed by atoms with Crippen LogP contribution in [-0.4, -0.2) is 23.7 Å². The highest BCUT2D eigenvalue weighted by molar-refractivity contribution is 5.81. The van der Waals surface area contributed by atoms with Crippen LogP contribution < -0.4 is 5.32 Å². The third-order valence-electron chi connectivity index (χ3n) is 2.11. The van der Waals surface area contributed by atoms with Gasteiger partial charge in [0.25, 0.3) is 0 Å². The van der Waals surface area contributed by atoms with Crippen LogP contribution in [0.5, 0.6) is 0 Å². The number of aliphatic hydroxyl groups excluding tert-OH is 1. The Hall–Kier alpha value is -1.08. The largest absolute Gasteiger partial charge is 0.394 e. The van der Waals surface area contributed by atoms with Gasteiger partial charge in [-0.25, -0.2) is 0 Å². The van der Waals surface area contributed by atoms with E-state index in [4.69, 9.17) is 10.4 Å². The van der Waals surface area contributed by atoms with E-state index in [-0.39, 0.29) is 18.6 Å². The zero-order valence-corrected chi connectivity index (χ0v) is 8.79. The number of carbonyl (C=O) groups is 1. The molecule has 0 aliphatic rings. The summed E-state index contributed by atoms with van der Waals surface area (Å²) in [5.74, 6) is -0.851. The van der Waals surface area contributed by atoms with Gasteiger partial charge >= 0.3 is 0 Å². The first kappa shape index (κ1) is 12.9. The quantitative estimate of drug-likeness (QED) is 0.663. The summed E-state index contributed by atoms with van der Waals surface area (Å²) in [6.07, 6.45) is 2.05. The minimum absolute atomic E-state index is 0.0769. The second-order valence-corrected chi connectivity index (χ2v) is 3.27. The van der Waals surface area contributed by atoms with Crippen molar-refractivity contribution in [3.05, 3.63) is 0 Å². The molecule has 0 saturated carbocycles. The summed E-state index contributed by atoms with van der Waals surface area (Å²) in [6, 6.07) is 1.74. The predicted octanol–water partition coefficient (Wildman–Crippen LogP) is 0.813. The highest BCUT2D eigenvalue weighted by atomic mass is 16.3. The van der Waals surface area contributed by atoms with Crippen LogP contribution in [0.1, 0.15) is 33.1 Å². The maximum absolute atomic E-state index is 11.4. The molecule has 0 fully saturated rings. The lowest BCUT2D eigenvalue weighted by Crippen LogP contribution is -2.40. The molecule has 0 spiro atoms. The summed E-state index contributed by atoms with van der Waals surface area (Å²) in [6.45, 7) is 3.73. The van der Waals surface area contributed by atoms with Crippen molar-refractivity contribution >= 4 is 5.91 Å². The Morgan fingerprint density at radius 2 is 2.21 bits per heavy atom. The first-order chi connectivity index (χ1) is 6.69. The van der Waals surface area contributed by atoms with Gasteiger partial charge in [0, 0.05) is 0 Å². The fourth-order valence-corrected chi connectivity index (χ4v) is 1.12. The van der Waals surface area contributed by atoms with E-state index in [1.807, 2.05) is 19.9 Å². The van der Waals surface area contributed by atoms with Gasteiger partial charge in [-0.2, -0.15) is 5.26 Å². The van der Waals surface area contributed by atoms with Crippen LogP contribution in [-0.2, 0) is 4.79 Å². The summed E-state index contributed by atoms with van der Waals surface area (Å²) in [5, 5.41) is 20.2. The van der Waals surface area contributed by atoms with Gasteiger partial charge < -0.3 is 10.4 Å². The SMILES string of the molecule is CCCC(C#N)C(=O)N[C@H](CC)CO. The van der Waals surface area contributed by atoms with Gasteiger partial charge in [0.2, 0.25) is 5.91 Å². The Morgan fingerprint density at radius 3 is 2.57 bits per heavy atom. The van der Waals surface area contributed by atoms with Crippen molar-refractivity contribution in [3.63, 3.8) is 0 Å². The van der Waals surface area contributed by atoms with Crippen molar-refractivity contribution in [2.75, 3.05) is 6.61 Å². The molecule has 0 saturated heterocycles. The zero-order chi connectivity index (χ0) is 11.0. The highest BCUT2D eigenvalue weighted by Crippen LogP contribution is 2.05. The van der Waals surface area contributed by atoms with Crippen molar-refractivity contribution in [1.82, 2.24) is 5.32 Å². The molecule has 0 aliphatic heterocycles. The molecule has 0 aliphatic carbocycles. The summed E-state index contributed by atoms with van der Waals surface area (Å²) in [7, 11) is 0. The van der Waals surface area contributed by atoms with Crippen LogP contribution in [0.2, 0.25) is 0 Å². The standard InChI is InChI=1S/C10H18N2O2/c1-3-5-8(6-11)10(14)12-9(4-2)7-13/h8-9,13H,3-5,7H2,1-2H3,(H,12,14)/t8?,9-/m1/s1. The highest BCUT2D eigenvalue weighted by Gasteiger charge is 2.18. The third-order valence-corrected chi connectivity index (χ3v) is 2.11. The molecular weight excluding hydrogens is 180 g/mol. The average Bonchev–Trinajstić information content (AvgIpc) is 2.22. The van der Waals surface area contributed by atoms with Crippen molar-refractivity contribution < 1.29 is 9.90 Å². The smallest absolute Gasteiger partial charge is 0.237 e. The van der Waals surface area contributed by atoms with Gasteiger partial charge in [0.1, 0.15) is 5.92 Å². The summed E-state index contributed by atoms with van der Waals surface area (Å²) in [5.41, 5.74) is 0. The number of aliphatic hydroxyl groups is 1. The third kappa shape index (κ3) is 4.24. The van der Waals surface area contributed by atoms with Gasteiger partial charge in [-0.3, -0.25) is 4.79 Å². The molecule has 80 valence electrons. The number of nitrogens with zero attached hydrogens (tertiary/aromatic N) is 1. The van der Waals surface area contributed by atoms with E-state index in [2.05, 4.69) is 5.32 Å². The number of hydrogen-bond acceptors (Lipinski definition) is 3. The number of nitriles is 1. The molecule has 2 N–H and O–H groups in total. The van der Waals surface area contributed by atoms with E-state index in [0.717, 1.165) is 6.42 Å². The summed E-state index contributed by atoms with van der Waals surface area (Å²) >= 11 is 0. The molecule has 0 aromatic heterocycles. The van der Waals surface area contributed by atoms with E-state index in [1.54, 1.807) is 0 Å². The lowest BCUT2D eigenvalue weighted by Gasteiger charge is -2.16. The van der Waals surface area contributed by atoms with Crippen molar-refractivity contribution in [2.24, 2.45) is 5.92 Å². The molecule has 0 radical (unpaired) electrons. The van der Waals surface area contributed by atoms with E-state index in [0.29, 0.717) is 12.8 Å². The normalized spacial score (nSPS) is 14.1. The molecule has 2 atom stereocenters. The molecule has 0 bridgehead atoms. The van der Waals surface area contributed by atoms with Crippen LogP contribution in [0.25, 0.3) is 0 Å².